The average Bonchev–Trinajstić information content (AvgIpc) is 2.92. The number of aromatic nitrogens is 3. The SMILES string of the molecule is O=S(=O)(NCc1cn(C2CCC2)nn1)C1CCC(C(F)F)CC1. The van der Waals surface area contributed by atoms with Gasteiger partial charge in [-0.2, -0.15) is 0 Å². The second kappa shape index (κ2) is 6.80. The summed E-state index contributed by atoms with van der Waals surface area (Å²) in [5.74, 6) is -0.663. The molecule has 6 nitrogen and oxygen atoms in total. The molecule has 0 aliphatic heterocycles. The van der Waals surface area contributed by atoms with Gasteiger partial charge in [-0.15, -0.1) is 5.10 Å². The zero-order chi connectivity index (χ0) is 16.4. The van der Waals surface area contributed by atoms with Gasteiger partial charge >= 0.3 is 0 Å². The molecule has 2 saturated carbocycles. The fourth-order valence-corrected chi connectivity index (χ4v) is 4.64. The van der Waals surface area contributed by atoms with E-state index in [9.17, 15) is 17.2 Å². The second-order valence-corrected chi connectivity index (χ2v) is 8.56. The van der Waals surface area contributed by atoms with Crippen molar-refractivity contribution in [2.45, 2.75) is 69.2 Å². The van der Waals surface area contributed by atoms with Crippen LogP contribution in [0.2, 0.25) is 0 Å². The highest BCUT2D eigenvalue weighted by Crippen LogP contribution is 2.32. The van der Waals surface area contributed by atoms with Crippen LogP contribution in [0.25, 0.3) is 0 Å². The van der Waals surface area contributed by atoms with Gasteiger partial charge < -0.3 is 0 Å². The molecule has 0 saturated heterocycles. The van der Waals surface area contributed by atoms with Crippen LogP contribution in [-0.4, -0.2) is 35.1 Å². The largest absolute Gasteiger partial charge is 0.249 e. The van der Waals surface area contributed by atoms with Crippen LogP contribution in [0.1, 0.15) is 56.7 Å². The summed E-state index contributed by atoms with van der Waals surface area (Å²) >= 11 is 0. The predicted octanol–water partition coefficient (Wildman–Crippen LogP) is 2.25. The smallest absolute Gasteiger partial charge is 0.241 e. The number of nitrogens with one attached hydrogen (secondary N) is 1. The van der Waals surface area contributed by atoms with Crippen LogP contribution in [0.3, 0.4) is 0 Å². The molecule has 2 fully saturated rings. The molecular formula is C14H22F2N4O2S. The maximum absolute atomic E-state index is 12.6. The Kier molecular flexibility index (Phi) is 4.96. The number of hydrogen-bond acceptors (Lipinski definition) is 4. The molecule has 1 aromatic heterocycles. The van der Waals surface area contributed by atoms with Crippen LogP contribution in [0.15, 0.2) is 6.20 Å². The number of sulfonamides is 1. The standard InChI is InChI=1S/C14H22F2N4O2S/c15-14(16)10-4-6-13(7-5-10)23(21,22)17-8-11-9-20(19-18-11)12-2-1-3-12/h9-10,12-14,17H,1-8H2. The molecule has 0 bridgehead atoms. The molecule has 0 unspecified atom stereocenters. The molecule has 23 heavy (non-hydrogen) atoms. The molecule has 1 N–H and O–H groups in total. The van der Waals surface area contributed by atoms with Crippen molar-refractivity contribution in [1.82, 2.24) is 19.7 Å². The number of halogens is 2. The first-order valence-electron chi connectivity index (χ1n) is 8.13. The fraction of sp³-hybridized carbons (Fsp3) is 0.857. The van der Waals surface area contributed by atoms with Crippen LogP contribution >= 0.6 is 0 Å². The first kappa shape index (κ1) is 16.8. The fourth-order valence-electron chi connectivity index (χ4n) is 3.17. The Morgan fingerprint density at radius 1 is 1.22 bits per heavy atom. The third-order valence-electron chi connectivity index (χ3n) is 4.98. The Bertz CT molecular complexity index is 622. The summed E-state index contributed by atoms with van der Waals surface area (Å²) in [6.45, 7) is 0.101. The van der Waals surface area contributed by atoms with Gasteiger partial charge in [-0.25, -0.2) is 26.6 Å². The summed E-state index contributed by atoms with van der Waals surface area (Å²) < 4.78 is 54.2. The van der Waals surface area contributed by atoms with Gasteiger partial charge in [0.25, 0.3) is 0 Å². The molecule has 3 rings (SSSR count). The summed E-state index contributed by atoms with van der Waals surface area (Å²) in [5, 5.41) is 7.43. The van der Waals surface area contributed by atoms with Crippen molar-refractivity contribution in [3.8, 4) is 0 Å². The van der Waals surface area contributed by atoms with Crippen LogP contribution in [0.4, 0.5) is 8.78 Å². The van der Waals surface area contributed by atoms with Crippen molar-refractivity contribution in [2.24, 2.45) is 5.92 Å². The number of rotatable bonds is 6. The van der Waals surface area contributed by atoms with Gasteiger partial charge in [0, 0.05) is 5.92 Å². The molecule has 1 aromatic rings. The number of nitrogens with zero attached hydrogens (tertiary/aromatic N) is 3. The van der Waals surface area contributed by atoms with Crippen LogP contribution < -0.4 is 4.72 Å². The molecule has 0 aromatic carbocycles. The van der Waals surface area contributed by atoms with Crippen molar-refractivity contribution in [1.29, 1.82) is 0 Å². The van der Waals surface area contributed by atoms with Gasteiger partial charge in [-0.3, -0.25) is 0 Å². The van der Waals surface area contributed by atoms with Crippen molar-refractivity contribution >= 4 is 10.0 Å². The number of hydrogen-bond donors (Lipinski definition) is 1. The minimum atomic E-state index is -3.51. The molecule has 0 amide bonds. The first-order valence-corrected chi connectivity index (χ1v) is 9.67. The highest BCUT2D eigenvalue weighted by atomic mass is 32.2. The lowest BCUT2D eigenvalue weighted by molar-refractivity contribution is 0.0567. The van der Waals surface area contributed by atoms with E-state index in [0.717, 1.165) is 12.8 Å². The third-order valence-corrected chi connectivity index (χ3v) is 6.87. The van der Waals surface area contributed by atoms with Crippen molar-refractivity contribution in [3.63, 3.8) is 0 Å². The Morgan fingerprint density at radius 2 is 1.91 bits per heavy atom. The van der Waals surface area contributed by atoms with Gasteiger partial charge in [0.1, 0.15) is 0 Å². The second-order valence-electron chi connectivity index (χ2n) is 6.51. The highest BCUT2D eigenvalue weighted by Gasteiger charge is 2.34. The quantitative estimate of drug-likeness (QED) is 0.855. The van der Waals surface area contributed by atoms with Gasteiger partial charge in [0.2, 0.25) is 16.4 Å². The van der Waals surface area contributed by atoms with E-state index in [1.807, 2.05) is 0 Å². The average molecular weight is 348 g/mol. The Labute approximate surface area is 134 Å². The molecular weight excluding hydrogens is 326 g/mol. The van der Waals surface area contributed by atoms with Gasteiger partial charge in [0.05, 0.1) is 29.7 Å². The molecule has 1 heterocycles. The Hall–Kier alpha value is -1.09. The lowest BCUT2D eigenvalue weighted by Crippen LogP contribution is -2.37. The summed E-state index contributed by atoms with van der Waals surface area (Å²) in [5.41, 5.74) is 0.585. The van der Waals surface area contributed by atoms with E-state index in [2.05, 4.69) is 15.0 Å². The Morgan fingerprint density at radius 3 is 2.48 bits per heavy atom. The summed E-state index contributed by atoms with van der Waals surface area (Å²) in [6.07, 6.45) is 3.89. The summed E-state index contributed by atoms with van der Waals surface area (Å²) in [4.78, 5) is 0. The van der Waals surface area contributed by atoms with Gasteiger partial charge in [-0.1, -0.05) is 5.21 Å². The Balaban J connectivity index is 1.51. The van der Waals surface area contributed by atoms with Crippen molar-refractivity contribution in [2.75, 3.05) is 0 Å². The lowest BCUT2D eigenvalue weighted by atomic mass is 9.89. The van der Waals surface area contributed by atoms with Crippen LogP contribution in [0.5, 0.6) is 0 Å². The lowest BCUT2D eigenvalue weighted by Gasteiger charge is -2.27. The number of alkyl halides is 2. The van der Waals surface area contributed by atoms with E-state index in [1.165, 1.54) is 6.42 Å². The molecule has 2 aliphatic rings. The zero-order valence-corrected chi connectivity index (χ0v) is 13.7. The molecule has 0 atom stereocenters. The van der Waals surface area contributed by atoms with Crippen molar-refractivity contribution in [3.05, 3.63) is 11.9 Å². The minimum Gasteiger partial charge on any atom is -0.249 e. The third kappa shape index (κ3) is 3.88. The van der Waals surface area contributed by atoms with E-state index in [1.54, 1.807) is 10.9 Å². The van der Waals surface area contributed by atoms with E-state index >= 15 is 0 Å². The summed E-state index contributed by atoms with van der Waals surface area (Å²) in [7, 11) is -3.51. The monoisotopic (exact) mass is 348 g/mol. The van der Waals surface area contributed by atoms with E-state index in [-0.39, 0.29) is 19.4 Å². The molecule has 2 aliphatic carbocycles. The van der Waals surface area contributed by atoms with E-state index < -0.39 is 27.6 Å². The highest BCUT2D eigenvalue weighted by molar-refractivity contribution is 7.90. The summed E-state index contributed by atoms with van der Waals surface area (Å²) in [6, 6.07) is 0.387. The molecule has 130 valence electrons. The van der Waals surface area contributed by atoms with E-state index in [4.69, 9.17) is 0 Å². The molecule has 0 radical (unpaired) electrons. The normalized spacial score (nSPS) is 26.4. The molecule has 0 spiro atoms. The van der Waals surface area contributed by atoms with Crippen molar-refractivity contribution < 1.29 is 17.2 Å². The van der Waals surface area contributed by atoms with E-state index in [0.29, 0.717) is 24.6 Å². The maximum Gasteiger partial charge on any atom is 0.241 e. The minimum absolute atomic E-state index is 0.101. The van der Waals surface area contributed by atoms with Gasteiger partial charge in [-0.05, 0) is 44.9 Å². The maximum atomic E-state index is 12.6. The van der Waals surface area contributed by atoms with Crippen LogP contribution in [0, 0.1) is 5.92 Å². The zero-order valence-electron chi connectivity index (χ0n) is 12.9. The predicted molar refractivity (Wildman–Crippen MR) is 80.4 cm³/mol. The topological polar surface area (TPSA) is 76.9 Å². The van der Waals surface area contributed by atoms with Gasteiger partial charge in [0.15, 0.2) is 0 Å². The molecule has 9 heteroatoms. The van der Waals surface area contributed by atoms with Crippen LogP contribution in [-0.2, 0) is 16.6 Å². The first-order chi connectivity index (χ1) is 11.0.